The van der Waals surface area contributed by atoms with Crippen LogP contribution in [0.1, 0.15) is 55.5 Å². The van der Waals surface area contributed by atoms with E-state index >= 15 is 0 Å². The fourth-order valence-electron chi connectivity index (χ4n) is 4.23. The maximum atomic E-state index is 12.8. The van der Waals surface area contributed by atoms with Crippen LogP contribution in [0.25, 0.3) is 6.08 Å². The molecule has 2 aliphatic heterocycles. The van der Waals surface area contributed by atoms with Crippen molar-refractivity contribution in [3.05, 3.63) is 106 Å². The molecule has 0 aliphatic carbocycles. The van der Waals surface area contributed by atoms with Gasteiger partial charge >= 0.3 is 0 Å². The lowest BCUT2D eigenvalue weighted by Crippen LogP contribution is -2.23. The molecule has 3 aromatic rings. The average Bonchev–Trinajstić information content (AvgIpc) is 3.44. The summed E-state index contributed by atoms with van der Waals surface area (Å²) in [5.74, 6) is -0.0686. The number of amides is 1. The van der Waals surface area contributed by atoms with Gasteiger partial charge < -0.3 is 5.11 Å². The largest absolute Gasteiger partial charge is 0.508 e. The number of para-hydroxylation sites is 1. The third kappa shape index (κ3) is 4.80. The zero-order chi connectivity index (χ0) is 24.6. The van der Waals surface area contributed by atoms with Crippen LogP contribution in [-0.4, -0.2) is 26.9 Å². The number of amidine groups is 1. The highest BCUT2D eigenvalue weighted by Crippen LogP contribution is 2.41. The Balaban J connectivity index is 1.45. The Bertz CT molecular complexity index is 1350. The normalized spacial score (nSPS) is 19.3. The number of carbonyl (C=O) groups is 1. The molecule has 3 aromatic carbocycles. The van der Waals surface area contributed by atoms with Gasteiger partial charge in [-0.15, -0.1) is 0 Å². The number of hydrazone groups is 1. The number of phenols is 1. The molecule has 35 heavy (non-hydrogen) atoms. The molecule has 1 amide bonds. The van der Waals surface area contributed by atoms with E-state index in [1.54, 1.807) is 17.1 Å². The molecule has 1 atom stereocenters. The molecule has 0 radical (unpaired) electrons. The highest BCUT2D eigenvalue weighted by atomic mass is 32.2. The van der Waals surface area contributed by atoms with Crippen molar-refractivity contribution >= 4 is 34.6 Å². The van der Waals surface area contributed by atoms with Crippen LogP contribution in [0, 0.1) is 0 Å². The van der Waals surface area contributed by atoms with Crippen LogP contribution in [0.15, 0.2) is 93.9 Å². The molecule has 0 bridgehead atoms. The lowest BCUT2D eigenvalue weighted by atomic mass is 9.87. The zero-order valence-corrected chi connectivity index (χ0v) is 20.8. The molecule has 1 unspecified atom stereocenters. The van der Waals surface area contributed by atoms with Crippen LogP contribution in [0.4, 0.5) is 0 Å². The predicted molar refractivity (Wildman–Crippen MR) is 143 cm³/mol. The summed E-state index contributed by atoms with van der Waals surface area (Å²) >= 11 is 1.32. The summed E-state index contributed by atoms with van der Waals surface area (Å²) in [6.07, 6.45) is 2.48. The second-order valence-electron chi connectivity index (χ2n) is 9.72. The van der Waals surface area contributed by atoms with Crippen molar-refractivity contribution in [3.8, 4) is 5.75 Å². The number of nitrogens with zero attached hydrogens (tertiary/aromatic N) is 3. The van der Waals surface area contributed by atoms with Gasteiger partial charge in [0.2, 0.25) is 0 Å². The zero-order valence-electron chi connectivity index (χ0n) is 20.0. The van der Waals surface area contributed by atoms with E-state index in [9.17, 15) is 9.90 Å². The van der Waals surface area contributed by atoms with E-state index in [1.807, 2.05) is 60.7 Å². The Labute approximate surface area is 209 Å². The second kappa shape index (κ2) is 9.19. The molecule has 0 saturated heterocycles. The lowest BCUT2D eigenvalue weighted by molar-refractivity contribution is -0.113. The van der Waals surface area contributed by atoms with Gasteiger partial charge in [0.15, 0.2) is 5.17 Å². The molecule has 0 aromatic heterocycles. The predicted octanol–water partition coefficient (Wildman–Crippen LogP) is 6.51. The first-order valence-electron chi connectivity index (χ1n) is 11.6. The van der Waals surface area contributed by atoms with Crippen LogP contribution >= 0.6 is 11.8 Å². The molecular weight excluding hydrogens is 454 g/mol. The molecule has 1 N–H and O–H groups in total. The fraction of sp³-hybridized carbons (Fsp3) is 0.207. The van der Waals surface area contributed by atoms with Crippen molar-refractivity contribution in [1.82, 2.24) is 5.01 Å². The summed E-state index contributed by atoms with van der Waals surface area (Å²) in [5.41, 5.74) is 4.94. The number of rotatable bonds is 3. The fourth-order valence-corrected chi connectivity index (χ4v) is 5.14. The monoisotopic (exact) mass is 481 g/mol. The number of thioether (sulfide) groups is 1. The molecule has 0 spiro atoms. The minimum absolute atomic E-state index is 0.0715. The Morgan fingerprint density at radius 2 is 1.66 bits per heavy atom. The van der Waals surface area contributed by atoms with Crippen LogP contribution in [0.5, 0.6) is 5.75 Å². The molecule has 2 heterocycles. The minimum atomic E-state index is -0.274. The third-order valence-corrected chi connectivity index (χ3v) is 7.17. The van der Waals surface area contributed by atoms with E-state index in [1.165, 1.54) is 17.3 Å². The number of phenolic OH excluding ortho intramolecular Hbond substituents is 1. The summed E-state index contributed by atoms with van der Waals surface area (Å²) in [6.45, 7) is 6.54. The van der Waals surface area contributed by atoms with Crippen molar-refractivity contribution < 1.29 is 9.90 Å². The Morgan fingerprint density at radius 1 is 0.971 bits per heavy atom. The summed E-state index contributed by atoms with van der Waals surface area (Å²) in [7, 11) is 0. The van der Waals surface area contributed by atoms with Gasteiger partial charge in [-0.05, 0) is 46.0 Å². The molecule has 5 nitrogen and oxygen atoms in total. The number of carbonyl (C=O) groups excluding carboxylic acids is 1. The van der Waals surface area contributed by atoms with Crippen LogP contribution in [0.2, 0.25) is 0 Å². The van der Waals surface area contributed by atoms with E-state index in [0.29, 0.717) is 16.5 Å². The summed E-state index contributed by atoms with van der Waals surface area (Å²) in [4.78, 5) is 17.7. The smallest absolute Gasteiger partial charge is 0.286 e. The van der Waals surface area contributed by atoms with Crippen LogP contribution in [-0.2, 0) is 10.2 Å². The summed E-state index contributed by atoms with van der Waals surface area (Å²) < 4.78 is 0. The maximum Gasteiger partial charge on any atom is 0.286 e. The topological polar surface area (TPSA) is 65.3 Å². The first kappa shape index (κ1) is 23.1. The van der Waals surface area contributed by atoms with Crippen molar-refractivity contribution in [3.63, 3.8) is 0 Å². The van der Waals surface area contributed by atoms with Crippen LogP contribution < -0.4 is 0 Å². The number of hydrogen-bond acceptors (Lipinski definition) is 5. The van der Waals surface area contributed by atoms with Gasteiger partial charge in [-0.1, -0.05) is 93.6 Å². The SMILES string of the molecule is CC(C)(C)c1ccc(/C=C2\SC(N3N=C(c4ccccc4)CC3c3ccccc3O)=NC2=O)cc1. The third-order valence-electron chi connectivity index (χ3n) is 6.19. The van der Waals surface area contributed by atoms with Gasteiger partial charge in [0.25, 0.3) is 5.91 Å². The quantitative estimate of drug-likeness (QED) is 0.433. The van der Waals surface area contributed by atoms with E-state index in [-0.39, 0.29) is 23.1 Å². The van der Waals surface area contributed by atoms with E-state index in [4.69, 9.17) is 5.10 Å². The average molecular weight is 482 g/mol. The first-order valence-corrected chi connectivity index (χ1v) is 12.4. The van der Waals surface area contributed by atoms with Crippen LogP contribution in [0.3, 0.4) is 0 Å². The molecular formula is C29H27N3O2S. The van der Waals surface area contributed by atoms with Crippen molar-refractivity contribution in [1.29, 1.82) is 0 Å². The molecule has 0 fully saturated rings. The molecule has 6 heteroatoms. The summed E-state index contributed by atoms with van der Waals surface area (Å²) in [5, 5.41) is 17.7. The van der Waals surface area contributed by atoms with Gasteiger partial charge in [0.05, 0.1) is 16.7 Å². The van der Waals surface area contributed by atoms with E-state index in [2.05, 4.69) is 37.9 Å². The van der Waals surface area contributed by atoms with Gasteiger partial charge in [-0.2, -0.15) is 10.1 Å². The minimum Gasteiger partial charge on any atom is -0.508 e. The second-order valence-corrected chi connectivity index (χ2v) is 10.7. The Kier molecular flexibility index (Phi) is 6.07. The number of aliphatic imine (C=N–C) groups is 1. The van der Waals surface area contributed by atoms with E-state index < -0.39 is 0 Å². The highest BCUT2D eigenvalue weighted by Gasteiger charge is 2.37. The van der Waals surface area contributed by atoms with E-state index in [0.717, 1.165) is 22.4 Å². The Morgan fingerprint density at radius 3 is 2.34 bits per heavy atom. The lowest BCUT2D eigenvalue weighted by Gasteiger charge is -2.23. The highest BCUT2D eigenvalue weighted by molar-refractivity contribution is 8.18. The first-order chi connectivity index (χ1) is 16.8. The molecule has 0 saturated carbocycles. The van der Waals surface area contributed by atoms with Gasteiger partial charge in [-0.3, -0.25) is 4.79 Å². The number of aromatic hydroxyl groups is 1. The maximum absolute atomic E-state index is 12.8. The Hall–Kier alpha value is -3.64. The van der Waals surface area contributed by atoms with Crippen molar-refractivity contribution in [2.24, 2.45) is 10.1 Å². The number of hydrogen-bond donors (Lipinski definition) is 1. The van der Waals surface area contributed by atoms with Crippen molar-refractivity contribution in [2.75, 3.05) is 0 Å². The molecule has 176 valence electrons. The van der Waals surface area contributed by atoms with Gasteiger partial charge in [0, 0.05) is 12.0 Å². The van der Waals surface area contributed by atoms with Gasteiger partial charge in [-0.25, -0.2) is 5.01 Å². The molecule has 2 aliphatic rings. The van der Waals surface area contributed by atoms with Crippen molar-refractivity contribution in [2.45, 2.75) is 38.6 Å². The standard InChI is InChI=1S/C29H27N3O2S/c1-29(2,3)21-15-13-19(14-16-21)17-26-27(34)30-28(35-26)32-24(22-11-7-8-12-25(22)33)18-23(31-32)20-9-5-4-6-10-20/h4-17,24,33H,18H2,1-3H3/b26-17-. The summed E-state index contributed by atoms with van der Waals surface area (Å²) in [6, 6.07) is 25.2. The number of benzene rings is 3. The van der Waals surface area contributed by atoms with Gasteiger partial charge in [0.1, 0.15) is 5.75 Å². The molecule has 5 rings (SSSR count).